The van der Waals surface area contributed by atoms with Crippen LogP contribution >= 0.6 is 0 Å². The van der Waals surface area contributed by atoms with E-state index >= 15 is 0 Å². The van der Waals surface area contributed by atoms with Gasteiger partial charge in [0, 0.05) is 11.9 Å². The summed E-state index contributed by atoms with van der Waals surface area (Å²) in [5.74, 6) is 1.92. The zero-order valence-electron chi connectivity index (χ0n) is 25.8. The topological polar surface area (TPSA) is 18.5 Å². The SMILES string of the molecule is CC(C)(C)c1cc2c(c(C(C)(C)C)c1)OB(c1ccccc1)Oc1c(cc(C(C)(C)C)cc1C(C)(C)C)C2. The standard InChI is InChI=1S/C35H47BO2/c1-32(2,3)25-19-23-18-24-20-26(33(4,5)6)22-29(35(10,11)12)31(24)38-36(27-16-14-13-15-17-27)37-30(23)28(21-25)34(7,8)9/h13-17,19-22H,18H2,1-12H3. The summed E-state index contributed by atoms with van der Waals surface area (Å²) in [6.07, 6.45) is 0.770. The van der Waals surface area contributed by atoms with Crippen LogP contribution in [-0.4, -0.2) is 7.12 Å². The lowest BCUT2D eigenvalue weighted by molar-refractivity contribution is 0.406. The van der Waals surface area contributed by atoms with Crippen LogP contribution in [0.5, 0.6) is 11.5 Å². The molecular weight excluding hydrogens is 463 g/mol. The van der Waals surface area contributed by atoms with Gasteiger partial charge in [0.15, 0.2) is 0 Å². The predicted octanol–water partition coefficient (Wildman–Crippen LogP) is 8.63. The maximum absolute atomic E-state index is 6.95. The minimum absolute atomic E-state index is 0.0272. The van der Waals surface area contributed by atoms with E-state index in [4.69, 9.17) is 9.31 Å². The monoisotopic (exact) mass is 510 g/mol. The first-order valence-electron chi connectivity index (χ1n) is 14.1. The van der Waals surface area contributed by atoms with Crippen molar-refractivity contribution in [2.24, 2.45) is 0 Å². The van der Waals surface area contributed by atoms with Crippen molar-refractivity contribution in [3.63, 3.8) is 0 Å². The van der Waals surface area contributed by atoms with Gasteiger partial charge < -0.3 is 9.31 Å². The van der Waals surface area contributed by atoms with Crippen LogP contribution in [-0.2, 0) is 28.1 Å². The number of hydrogen-bond donors (Lipinski definition) is 0. The fourth-order valence-electron chi connectivity index (χ4n) is 5.09. The Morgan fingerprint density at radius 3 is 1.26 bits per heavy atom. The van der Waals surface area contributed by atoms with Crippen LogP contribution in [0.3, 0.4) is 0 Å². The smallest absolute Gasteiger partial charge is 0.522 e. The third kappa shape index (κ3) is 5.82. The number of rotatable bonds is 1. The molecule has 0 atom stereocenters. The van der Waals surface area contributed by atoms with Crippen LogP contribution in [0.15, 0.2) is 54.6 Å². The van der Waals surface area contributed by atoms with Gasteiger partial charge in [-0.2, -0.15) is 0 Å². The van der Waals surface area contributed by atoms with Crippen LogP contribution in [0.25, 0.3) is 0 Å². The minimum atomic E-state index is -0.544. The lowest BCUT2D eigenvalue weighted by Gasteiger charge is -2.35. The molecular formula is C35H47BO2. The molecule has 4 rings (SSSR count). The second-order valence-corrected chi connectivity index (χ2v) is 15.2. The van der Waals surface area contributed by atoms with Gasteiger partial charge in [-0.25, -0.2) is 0 Å². The van der Waals surface area contributed by atoms with Gasteiger partial charge >= 0.3 is 7.12 Å². The summed E-state index contributed by atoms with van der Waals surface area (Å²) in [5.41, 5.74) is 8.52. The second-order valence-electron chi connectivity index (χ2n) is 15.2. The van der Waals surface area contributed by atoms with Crippen LogP contribution in [0.1, 0.15) is 116 Å². The molecule has 0 saturated carbocycles. The van der Waals surface area contributed by atoms with Crippen molar-refractivity contribution in [3.05, 3.63) is 88.0 Å². The normalized spacial score (nSPS) is 14.6. The first-order valence-corrected chi connectivity index (χ1v) is 14.1. The summed E-state index contributed by atoms with van der Waals surface area (Å²) in [5, 5.41) is 0. The average molecular weight is 511 g/mol. The second kappa shape index (κ2) is 9.51. The Hall–Kier alpha value is -2.68. The van der Waals surface area contributed by atoms with E-state index < -0.39 is 7.12 Å². The average Bonchev–Trinajstić information content (AvgIpc) is 2.76. The Labute approximate surface area is 232 Å². The molecule has 0 aliphatic carbocycles. The highest BCUT2D eigenvalue weighted by atomic mass is 16.6. The molecule has 0 unspecified atom stereocenters. The predicted molar refractivity (Wildman–Crippen MR) is 164 cm³/mol. The molecule has 3 heteroatoms. The summed E-state index contributed by atoms with van der Waals surface area (Å²) in [7, 11) is -0.544. The van der Waals surface area contributed by atoms with Gasteiger partial charge in [0.25, 0.3) is 0 Å². The Morgan fingerprint density at radius 1 is 0.526 bits per heavy atom. The van der Waals surface area contributed by atoms with Crippen molar-refractivity contribution in [2.75, 3.05) is 0 Å². The van der Waals surface area contributed by atoms with Gasteiger partial charge in [0.2, 0.25) is 0 Å². The zero-order chi connectivity index (χ0) is 28.3. The summed E-state index contributed by atoms with van der Waals surface area (Å²) >= 11 is 0. The highest BCUT2D eigenvalue weighted by Gasteiger charge is 2.37. The molecule has 0 fully saturated rings. The summed E-state index contributed by atoms with van der Waals surface area (Å²) < 4.78 is 13.9. The van der Waals surface area contributed by atoms with Crippen molar-refractivity contribution in [1.29, 1.82) is 0 Å². The van der Waals surface area contributed by atoms with Crippen LogP contribution in [0, 0.1) is 0 Å². The van der Waals surface area contributed by atoms with E-state index in [1.165, 1.54) is 33.4 Å². The first kappa shape index (κ1) is 28.3. The quantitative estimate of drug-likeness (QED) is 0.305. The van der Waals surface area contributed by atoms with Gasteiger partial charge in [0.1, 0.15) is 11.5 Å². The molecule has 1 aliphatic rings. The van der Waals surface area contributed by atoms with E-state index in [1.807, 2.05) is 6.07 Å². The Morgan fingerprint density at radius 2 is 0.921 bits per heavy atom. The number of benzene rings is 3. The van der Waals surface area contributed by atoms with Crippen LogP contribution < -0.4 is 14.8 Å². The van der Waals surface area contributed by atoms with Crippen LogP contribution in [0.2, 0.25) is 0 Å². The van der Waals surface area contributed by atoms with Gasteiger partial charge in [-0.15, -0.1) is 0 Å². The van der Waals surface area contributed by atoms with Crippen LogP contribution in [0.4, 0.5) is 0 Å². The molecule has 0 saturated heterocycles. The molecule has 0 N–H and O–H groups in total. The maximum atomic E-state index is 6.95. The van der Waals surface area contributed by atoms with Crippen molar-refractivity contribution >= 4 is 12.6 Å². The largest absolute Gasteiger partial charge is 0.632 e. The third-order valence-corrected chi connectivity index (χ3v) is 7.58. The van der Waals surface area contributed by atoms with Gasteiger partial charge in [-0.05, 0) is 55.0 Å². The highest BCUT2D eigenvalue weighted by molar-refractivity contribution is 6.62. The molecule has 2 nitrogen and oxygen atoms in total. The van der Waals surface area contributed by atoms with E-state index in [1.54, 1.807) is 0 Å². The lowest BCUT2D eigenvalue weighted by atomic mass is 9.73. The fraction of sp³-hybridized carbons (Fsp3) is 0.486. The van der Waals surface area contributed by atoms with E-state index in [0.717, 1.165) is 23.4 Å². The fourth-order valence-corrected chi connectivity index (χ4v) is 5.09. The maximum Gasteiger partial charge on any atom is 0.632 e. The Kier molecular flexibility index (Phi) is 7.09. The molecule has 202 valence electrons. The summed E-state index contributed by atoms with van der Waals surface area (Å²) in [4.78, 5) is 0. The number of hydrogen-bond acceptors (Lipinski definition) is 2. The first-order chi connectivity index (χ1) is 17.4. The van der Waals surface area contributed by atoms with E-state index in [0.29, 0.717) is 0 Å². The molecule has 0 aromatic heterocycles. The van der Waals surface area contributed by atoms with E-state index in [9.17, 15) is 0 Å². The number of fused-ring (bicyclic) bond motifs is 2. The summed E-state index contributed by atoms with van der Waals surface area (Å²) in [6.45, 7) is 27.4. The van der Waals surface area contributed by atoms with Gasteiger partial charge in [-0.1, -0.05) is 138 Å². The van der Waals surface area contributed by atoms with Crippen molar-refractivity contribution in [2.45, 2.75) is 111 Å². The third-order valence-electron chi connectivity index (χ3n) is 7.58. The molecule has 1 aliphatic heterocycles. The van der Waals surface area contributed by atoms with Gasteiger partial charge in [-0.3, -0.25) is 0 Å². The molecule has 0 amide bonds. The van der Waals surface area contributed by atoms with Crippen molar-refractivity contribution < 1.29 is 9.31 Å². The zero-order valence-corrected chi connectivity index (χ0v) is 25.8. The molecule has 3 aromatic rings. The van der Waals surface area contributed by atoms with E-state index in [2.05, 4.69) is 132 Å². The minimum Gasteiger partial charge on any atom is -0.522 e. The van der Waals surface area contributed by atoms with Crippen molar-refractivity contribution in [1.82, 2.24) is 0 Å². The summed E-state index contributed by atoms with van der Waals surface area (Å²) in [6, 6.07) is 19.8. The molecule has 3 aromatic carbocycles. The molecule has 0 spiro atoms. The molecule has 0 radical (unpaired) electrons. The van der Waals surface area contributed by atoms with Crippen molar-refractivity contribution in [3.8, 4) is 11.5 Å². The molecule has 0 bridgehead atoms. The molecule has 1 heterocycles. The molecule has 38 heavy (non-hydrogen) atoms. The lowest BCUT2D eigenvalue weighted by Crippen LogP contribution is -2.44. The Bertz CT molecular complexity index is 1230. The van der Waals surface area contributed by atoms with Gasteiger partial charge in [0.05, 0.1) is 0 Å². The highest BCUT2D eigenvalue weighted by Crippen LogP contribution is 2.45. The Balaban J connectivity index is 2.09. The van der Waals surface area contributed by atoms with E-state index in [-0.39, 0.29) is 21.7 Å².